The largest absolute Gasteiger partial charge is 0.478 e. The van der Waals surface area contributed by atoms with E-state index in [4.69, 9.17) is 5.11 Å². The van der Waals surface area contributed by atoms with Crippen molar-refractivity contribution in [2.24, 2.45) is 0 Å². The van der Waals surface area contributed by atoms with Crippen molar-refractivity contribution >= 4 is 11.7 Å². The Kier molecular flexibility index (Phi) is 3.29. The normalized spacial score (nSPS) is 10.2. The average Bonchev–Trinajstić information content (AvgIpc) is 2.39. The van der Waals surface area contributed by atoms with Gasteiger partial charge >= 0.3 is 5.97 Å². The van der Waals surface area contributed by atoms with Gasteiger partial charge in [0.05, 0.1) is 10.5 Å². The molecule has 0 saturated heterocycles. The molecule has 5 nitrogen and oxygen atoms in total. The molecule has 2 aromatic carbocycles. The van der Waals surface area contributed by atoms with Crippen molar-refractivity contribution in [3.63, 3.8) is 0 Å². The van der Waals surface area contributed by atoms with E-state index < -0.39 is 10.9 Å². The van der Waals surface area contributed by atoms with Gasteiger partial charge in [0.2, 0.25) is 0 Å². The van der Waals surface area contributed by atoms with E-state index in [1.54, 1.807) is 18.2 Å². The smallest absolute Gasteiger partial charge is 0.335 e. The molecule has 0 amide bonds. The van der Waals surface area contributed by atoms with E-state index in [2.05, 4.69) is 0 Å². The number of carboxylic acid groups (broad SMARTS) is 1. The van der Waals surface area contributed by atoms with Crippen molar-refractivity contribution in [1.82, 2.24) is 0 Å². The molecule has 0 spiro atoms. The van der Waals surface area contributed by atoms with Gasteiger partial charge in [-0.3, -0.25) is 10.1 Å². The van der Waals surface area contributed by atoms with Crippen LogP contribution in [-0.4, -0.2) is 16.0 Å². The molecule has 0 bridgehead atoms. The zero-order valence-corrected chi connectivity index (χ0v) is 10.2. The summed E-state index contributed by atoms with van der Waals surface area (Å²) in [6, 6.07) is 10.9. The Bertz CT molecular complexity index is 647. The molecule has 19 heavy (non-hydrogen) atoms. The summed E-state index contributed by atoms with van der Waals surface area (Å²) in [5.74, 6) is -0.998. The molecule has 0 aliphatic heterocycles. The average molecular weight is 257 g/mol. The van der Waals surface area contributed by atoms with E-state index in [-0.39, 0.29) is 11.3 Å². The van der Waals surface area contributed by atoms with Crippen molar-refractivity contribution in [2.75, 3.05) is 0 Å². The first-order valence-electron chi connectivity index (χ1n) is 5.58. The van der Waals surface area contributed by atoms with E-state index >= 15 is 0 Å². The first kappa shape index (κ1) is 12.8. The van der Waals surface area contributed by atoms with Crippen LogP contribution in [0, 0.1) is 17.0 Å². The van der Waals surface area contributed by atoms with E-state index in [9.17, 15) is 14.9 Å². The highest BCUT2D eigenvalue weighted by Gasteiger charge is 2.10. The predicted molar refractivity (Wildman–Crippen MR) is 70.2 cm³/mol. The summed E-state index contributed by atoms with van der Waals surface area (Å²) >= 11 is 0. The summed E-state index contributed by atoms with van der Waals surface area (Å²) in [6.45, 7) is 1.85. The molecule has 96 valence electrons. The van der Waals surface area contributed by atoms with Crippen LogP contribution in [0.5, 0.6) is 0 Å². The lowest BCUT2D eigenvalue weighted by Crippen LogP contribution is -1.95. The Morgan fingerprint density at radius 3 is 2.32 bits per heavy atom. The lowest BCUT2D eigenvalue weighted by atomic mass is 9.99. The van der Waals surface area contributed by atoms with Crippen LogP contribution in [0.2, 0.25) is 0 Å². The topological polar surface area (TPSA) is 80.4 Å². The zero-order chi connectivity index (χ0) is 14.0. The van der Waals surface area contributed by atoms with Crippen molar-refractivity contribution in [1.29, 1.82) is 0 Å². The van der Waals surface area contributed by atoms with Gasteiger partial charge in [-0.15, -0.1) is 0 Å². The number of nitro groups is 1. The Morgan fingerprint density at radius 1 is 1.16 bits per heavy atom. The Balaban J connectivity index is 2.48. The summed E-state index contributed by atoms with van der Waals surface area (Å²) in [5.41, 5.74) is 2.58. The van der Waals surface area contributed by atoms with Crippen molar-refractivity contribution in [2.45, 2.75) is 6.92 Å². The lowest BCUT2D eigenvalue weighted by Gasteiger charge is -2.06. The van der Waals surface area contributed by atoms with Gasteiger partial charge in [0.25, 0.3) is 5.69 Å². The molecule has 1 N–H and O–H groups in total. The minimum atomic E-state index is -0.998. The molecule has 0 radical (unpaired) electrons. The number of aromatic carboxylic acids is 1. The van der Waals surface area contributed by atoms with Gasteiger partial charge in [0, 0.05) is 12.1 Å². The van der Waals surface area contributed by atoms with Gasteiger partial charge in [-0.2, -0.15) is 0 Å². The van der Waals surface area contributed by atoms with E-state index in [0.29, 0.717) is 0 Å². The second-order valence-corrected chi connectivity index (χ2v) is 4.14. The van der Waals surface area contributed by atoms with E-state index in [1.165, 1.54) is 24.3 Å². The van der Waals surface area contributed by atoms with Gasteiger partial charge in [-0.05, 0) is 35.7 Å². The number of carbonyl (C=O) groups is 1. The molecule has 0 aromatic heterocycles. The van der Waals surface area contributed by atoms with Crippen molar-refractivity contribution in [3.8, 4) is 11.1 Å². The highest BCUT2D eigenvalue weighted by molar-refractivity contribution is 5.88. The monoisotopic (exact) mass is 257 g/mol. The summed E-state index contributed by atoms with van der Waals surface area (Å²) in [7, 11) is 0. The van der Waals surface area contributed by atoms with Crippen LogP contribution in [0.15, 0.2) is 42.5 Å². The molecule has 0 aliphatic rings. The van der Waals surface area contributed by atoms with Crippen LogP contribution < -0.4 is 0 Å². The fraction of sp³-hybridized carbons (Fsp3) is 0.0714. The molecule has 0 heterocycles. The summed E-state index contributed by atoms with van der Waals surface area (Å²) < 4.78 is 0. The van der Waals surface area contributed by atoms with Gasteiger partial charge in [-0.1, -0.05) is 18.2 Å². The SMILES string of the molecule is Cc1ccc([N+](=O)[O-])cc1-c1ccc(C(=O)O)cc1. The van der Waals surface area contributed by atoms with E-state index in [1.807, 2.05) is 6.92 Å². The third-order valence-electron chi connectivity index (χ3n) is 2.87. The fourth-order valence-electron chi connectivity index (χ4n) is 1.83. The maximum atomic E-state index is 10.8. The molecular formula is C14H11NO4. The molecule has 2 aromatic rings. The predicted octanol–water partition coefficient (Wildman–Crippen LogP) is 3.27. The molecule has 5 heteroatoms. The summed E-state index contributed by atoms with van der Waals surface area (Å²) in [5, 5.41) is 19.6. The number of benzene rings is 2. The van der Waals surface area contributed by atoms with Gasteiger partial charge in [0.15, 0.2) is 0 Å². The molecule has 0 fully saturated rings. The van der Waals surface area contributed by atoms with E-state index in [0.717, 1.165) is 16.7 Å². The standard InChI is InChI=1S/C14H11NO4/c1-9-2-7-12(15(18)19)8-13(9)10-3-5-11(6-4-10)14(16)17/h2-8H,1H3,(H,16,17). The van der Waals surface area contributed by atoms with Gasteiger partial charge in [-0.25, -0.2) is 4.79 Å². The van der Waals surface area contributed by atoms with Crippen LogP contribution in [0.4, 0.5) is 5.69 Å². The quantitative estimate of drug-likeness (QED) is 0.675. The zero-order valence-electron chi connectivity index (χ0n) is 10.2. The number of rotatable bonds is 3. The number of aryl methyl sites for hydroxylation is 1. The third-order valence-corrected chi connectivity index (χ3v) is 2.87. The van der Waals surface area contributed by atoms with Crippen LogP contribution in [0.3, 0.4) is 0 Å². The fourth-order valence-corrected chi connectivity index (χ4v) is 1.83. The maximum Gasteiger partial charge on any atom is 0.335 e. The van der Waals surface area contributed by atoms with Crippen LogP contribution in [0.25, 0.3) is 11.1 Å². The van der Waals surface area contributed by atoms with Crippen LogP contribution in [-0.2, 0) is 0 Å². The molecule has 2 rings (SSSR count). The Hall–Kier alpha value is -2.69. The Labute approximate surface area is 109 Å². The van der Waals surface area contributed by atoms with Crippen molar-refractivity contribution in [3.05, 3.63) is 63.7 Å². The minimum Gasteiger partial charge on any atom is -0.478 e. The lowest BCUT2D eigenvalue weighted by molar-refractivity contribution is -0.384. The van der Waals surface area contributed by atoms with Crippen LogP contribution >= 0.6 is 0 Å². The second kappa shape index (κ2) is 4.89. The highest BCUT2D eigenvalue weighted by atomic mass is 16.6. The molecule has 0 unspecified atom stereocenters. The molecule has 0 saturated carbocycles. The number of hydrogen-bond donors (Lipinski definition) is 1. The maximum absolute atomic E-state index is 10.8. The second-order valence-electron chi connectivity index (χ2n) is 4.14. The number of hydrogen-bond acceptors (Lipinski definition) is 3. The summed E-state index contributed by atoms with van der Waals surface area (Å²) in [4.78, 5) is 21.1. The number of nitro benzene ring substituents is 1. The molecular weight excluding hydrogens is 246 g/mol. The first-order chi connectivity index (χ1) is 8.99. The number of non-ortho nitro benzene ring substituents is 1. The highest BCUT2D eigenvalue weighted by Crippen LogP contribution is 2.27. The number of nitrogens with zero attached hydrogens (tertiary/aromatic N) is 1. The van der Waals surface area contributed by atoms with Crippen molar-refractivity contribution < 1.29 is 14.8 Å². The number of carboxylic acids is 1. The van der Waals surface area contributed by atoms with Crippen LogP contribution in [0.1, 0.15) is 15.9 Å². The first-order valence-corrected chi connectivity index (χ1v) is 5.58. The third kappa shape index (κ3) is 2.60. The summed E-state index contributed by atoms with van der Waals surface area (Å²) in [6.07, 6.45) is 0. The Morgan fingerprint density at radius 2 is 1.79 bits per heavy atom. The molecule has 0 aliphatic carbocycles. The minimum absolute atomic E-state index is 0.0166. The molecule has 0 atom stereocenters. The van der Waals surface area contributed by atoms with Gasteiger partial charge in [0.1, 0.15) is 0 Å². The van der Waals surface area contributed by atoms with Gasteiger partial charge < -0.3 is 5.11 Å².